The van der Waals surface area contributed by atoms with Crippen molar-refractivity contribution >= 4 is 20.2 Å². The fraction of sp³-hybridized carbons (Fsp3) is 0.286. The van der Waals surface area contributed by atoms with Crippen LogP contribution in [0.3, 0.4) is 0 Å². The lowest BCUT2D eigenvalue weighted by atomic mass is 10.3. The third-order valence-electron chi connectivity index (χ3n) is 1.87. The quantitative estimate of drug-likeness (QED) is 0.735. The molecule has 0 bridgehead atoms. The number of aryl methyl sites for hydroxylation is 1. The molecule has 0 aliphatic carbocycles. The van der Waals surface area contributed by atoms with Crippen molar-refractivity contribution in [2.75, 3.05) is 7.11 Å². The lowest BCUT2D eigenvalue weighted by Gasteiger charge is -2.11. The Morgan fingerprint density at radius 2 is 1.71 bits per heavy atom. The summed E-state index contributed by atoms with van der Waals surface area (Å²) in [5.41, 5.74) is 0.0486. The van der Waals surface area contributed by atoms with Gasteiger partial charge in [-0.3, -0.25) is 14.1 Å². The Kier molecular flexibility index (Phi) is 3.43. The second-order valence-corrected chi connectivity index (χ2v) is 5.77. The summed E-state index contributed by atoms with van der Waals surface area (Å²) in [5, 5.41) is 0. The van der Waals surface area contributed by atoms with Gasteiger partial charge in [0.05, 0.1) is 12.8 Å². The number of ether oxygens (including phenoxy) is 1. The zero-order valence-corrected chi connectivity index (χ0v) is 10.4. The van der Waals surface area contributed by atoms with E-state index in [0.717, 1.165) is 7.11 Å². The number of aromatic nitrogens is 1. The molecule has 0 saturated carbocycles. The molecule has 0 atom stereocenters. The van der Waals surface area contributed by atoms with Gasteiger partial charge in [0.1, 0.15) is 4.90 Å². The van der Waals surface area contributed by atoms with E-state index in [0.29, 0.717) is 6.20 Å². The van der Waals surface area contributed by atoms with Gasteiger partial charge in [0.2, 0.25) is 0 Å². The molecule has 1 aromatic rings. The molecule has 2 N–H and O–H groups in total. The van der Waals surface area contributed by atoms with Gasteiger partial charge in [0.15, 0.2) is 10.6 Å². The van der Waals surface area contributed by atoms with Crippen LogP contribution in [0.1, 0.15) is 5.69 Å². The van der Waals surface area contributed by atoms with Gasteiger partial charge in [0, 0.05) is 6.20 Å². The molecule has 17 heavy (non-hydrogen) atoms. The molecule has 0 aliphatic heterocycles. The van der Waals surface area contributed by atoms with Crippen LogP contribution in [0.25, 0.3) is 0 Å². The molecule has 1 heterocycles. The Balaban J connectivity index is 3.90. The average molecular weight is 283 g/mol. The molecule has 0 spiro atoms. The number of pyridine rings is 1. The fourth-order valence-electron chi connectivity index (χ4n) is 1.22. The van der Waals surface area contributed by atoms with Crippen LogP contribution in [0, 0.1) is 6.92 Å². The SMILES string of the molecule is COc1c(C)ncc(S(=O)(=O)O)c1S(=O)(=O)O. The highest BCUT2D eigenvalue weighted by Crippen LogP contribution is 2.31. The van der Waals surface area contributed by atoms with Crippen LogP contribution >= 0.6 is 0 Å². The minimum absolute atomic E-state index is 0.0486. The Hall–Kier alpha value is -1.23. The first-order chi connectivity index (χ1) is 7.59. The smallest absolute Gasteiger partial charge is 0.299 e. The van der Waals surface area contributed by atoms with Crippen LogP contribution in [-0.2, 0) is 20.2 Å². The van der Waals surface area contributed by atoms with E-state index >= 15 is 0 Å². The number of nitrogens with zero attached hydrogens (tertiary/aromatic N) is 1. The van der Waals surface area contributed by atoms with Gasteiger partial charge in [-0.05, 0) is 6.92 Å². The first-order valence-corrected chi connectivity index (χ1v) is 6.95. The van der Waals surface area contributed by atoms with E-state index in [-0.39, 0.29) is 5.69 Å². The highest BCUT2D eigenvalue weighted by molar-refractivity contribution is 7.89. The summed E-state index contributed by atoms with van der Waals surface area (Å²) in [4.78, 5) is 1.48. The summed E-state index contributed by atoms with van der Waals surface area (Å²) in [6, 6.07) is 0. The van der Waals surface area contributed by atoms with Crippen LogP contribution in [0.5, 0.6) is 5.75 Å². The van der Waals surface area contributed by atoms with Crippen molar-refractivity contribution in [3.63, 3.8) is 0 Å². The van der Waals surface area contributed by atoms with Gasteiger partial charge in [-0.1, -0.05) is 0 Å². The molecular formula is C7H9NO7S2. The van der Waals surface area contributed by atoms with Gasteiger partial charge in [0.25, 0.3) is 20.2 Å². The third-order valence-corrected chi connectivity index (χ3v) is 3.79. The lowest BCUT2D eigenvalue weighted by molar-refractivity contribution is 0.385. The fourth-order valence-corrected chi connectivity index (χ4v) is 3.13. The molecule has 1 aromatic heterocycles. The van der Waals surface area contributed by atoms with Crippen molar-refractivity contribution in [1.29, 1.82) is 0 Å². The highest BCUT2D eigenvalue weighted by Gasteiger charge is 2.30. The minimum Gasteiger partial charge on any atom is -0.493 e. The average Bonchev–Trinajstić information content (AvgIpc) is 2.13. The van der Waals surface area contributed by atoms with Crippen LogP contribution in [0.2, 0.25) is 0 Å². The Morgan fingerprint density at radius 3 is 2.06 bits per heavy atom. The minimum atomic E-state index is -4.89. The Morgan fingerprint density at radius 1 is 1.18 bits per heavy atom. The predicted octanol–water partition coefficient (Wildman–Crippen LogP) is -0.108. The van der Waals surface area contributed by atoms with E-state index in [9.17, 15) is 16.8 Å². The van der Waals surface area contributed by atoms with Crippen molar-refractivity contribution in [3.05, 3.63) is 11.9 Å². The largest absolute Gasteiger partial charge is 0.493 e. The summed E-state index contributed by atoms with van der Waals surface area (Å²) < 4.78 is 66.6. The number of rotatable bonds is 3. The van der Waals surface area contributed by atoms with E-state index in [1.54, 1.807) is 0 Å². The van der Waals surface area contributed by atoms with E-state index in [4.69, 9.17) is 9.11 Å². The maximum atomic E-state index is 11.1. The molecular weight excluding hydrogens is 274 g/mol. The van der Waals surface area contributed by atoms with Crippen molar-refractivity contribution in [2.24, 2.45) is 0 Å². The standard InChI is InChI=1S/C7H9NO7S2/c1-4-6(15-2)7(17(12,13)14)5(3-8-4)16(9,10)11/h3H,1-2H3,(H,9,10,11)(H,12,13,14). The molecule has 96 valence electrons. The summed E-state index contributed by atoms with van der Waals surface area (Å²) in [6.45, 7) is 1.35. The van der Waals surface area contributed by atoms with Gasteiger partial charge >= 0.3 is 0 Å². The second-order valence-electron chi connectivity index (χ2n) is 3.02. The number of methoxy groups -OCH3 is 1. The molecule has 0 aliphatic rings. The Bertz CT molecular complexity index is 647. The molecule has 0 unspecified atom stereocenters. The van der Waals surface area contributed by atoms with E-state index in [1.807, 2.05) is 0 Å². The van der Waals surface area contributed by atoms with Crippen molar-refractivity contribution in [2.45, 2.75) is 16.7 Å². The van der Waals surface area contributed by atoms with Crippen LogP contribution in [0.15, 0.2) is 16.0 Å². The third kappa shape index (κ3) is 2.72. The summed E-state index contributed by atoms with van der Waals surface area (Å²) in [5.74, 6) is -0.442. The van der Waals surface area contributed by atoms with Crippen molar-refractivity contribution < 1.29 is 30.7 Å². The topological polar surface area (TPSA) is 131 Å². The van der Waals surface area contributed by atoms with E-state index in [2.05, 4.69) is 9.72 Å². The molecule has 10 heteroatoms. The maximum Gasteiger partial charge on any atom is 0.299 e. The van der Waals surface area contributed by atoms with E-state index < -0.39 is 35.8 Å². The van der Waals surface area contributed by atoms with Gasteiger partial charge in [-0.15, -0.1) is 0 Å². The molecule has 8 nitrogen and oxygen atoms in total. The molecule has 1 rings (SSSR count). The molecule has 0 saturated heterocycles. The van der Waals surface area contributed by atoms with Gasteiger partial charge in [-0.25, -0.2) is 0 Å². The molecule has 0 fully saturated rings. The van der Waals surface area contributed by atoms with Crippen LogP contribution in [0.4, 0.5) is 0 Å². The zero-order chi connectivity index (χ0) is 13.4. The zero-order valence-electron chi connectivity index (χ0n) is 8.78. The van der Waals surface area contributed by atoms with Crippen LogP contribution in [-0.4, -0.2) is 38.0 Å². The first-order valence-electron chi connectivity index (χ1n) is 4.07. The molecule has 0 radical (unpaired) electrons. The molecule has 0 aromatic carbocycles. The summed E-state index contributed by atoms with van der Waals surface area (Å²) in [6.07, 6.45) is 0.621. The first kappa shape index (κ1) is 13.8. The lowest BCUT2D eigenvalue weighted by Crippen LogP contribution is -2.12. The predicted molar refractivity (Wildman–Crippen MR) is 55.2 cm³/mol. The molecule has 0 amide bonds. The highest BCUT2D eigenvalue weighted by atomic mass is 32.2. The Labute approximate surface area is 97.8 Å². The van der Waals surface area contributed by atoms with Crippen molar-refractivity contribution in [3.8, 4) is 5.75 Å². The van der Waals surface area contributed by atoms with Crippen LogP contribution < -0.4 is 4.74 Å². The summed E-state index contributed by atoms with van der Waals surface area (Å²) in [7, 11) is -8.66. The van der Waals surface area contributed by atoms with Gasteiger partial charge < -0.3 is 4.74 Å². The number of hydrogen-bond acceptors (Lipinski definition) is 6. The van der Waals surface area contributed by atoms with Crippen molar-refractivity contribution in [1.82, 2.24) is 4.98 Å². The maximum absolute atomic E-state index is 11.1. The second kappa shape index (κ2) is 4.22. The monoisotopic (exact) mass is 283 g/mol. The normalized spacial score (nSPS) is 12.5. The number of hydrogen-bond donors (Lipinski definition) is 2. The van der Waals surface area contributed by atoms with E-state index in [1.165, 1.54) is 6.92 Å². The summed E-state index contributed by atoms with van der Waals surface area (Å²) >= 11 is 0. The van der Waals surface area contributed by atoms with Gasteiger partial charge in [-0.2, -0.15) is 16.8 Å².